The van der Waals surface area contributed by atoms with Gasteiger partial charge in [0.1, 0.15) is 0 Å². The molecule has 94 valence electrons. The highest BCUT2D eigenvalue weighted by Gasteiger charge is 2.24. The Morgan fingerprint density at radius 1 is 1.18 bits per heavy atom. The molecule has 0 bridgehead atoms. The van der Waals surface area contributed by atoms with Crippen molar-refractivity contribution in [2.45, 2.75) is 38.4 Å². The lowest BCUT2D eigenvalue weighted by molar-refractivity contribution is -0.0183. The molecular formula is C14H20BrNO. The van der Waals surface area contributed by atoms with Gasteiger partial charge in [-0.2, -0.15) is 0 Å². The van der Waals surface area contributed by atoms with E-state index in [0.717, 1.165) is 11.0 Å². The monoisotopic (exact) mass is 297 g/mol. The molecule has 2 rings (SSSR count). The summed E-state index contributed by atoms with van der Waals surface area (Å²) in [5, 5.41) is 0. The predicted octanol–water partition coefficient (Wildman–Crippen LogP) is 3.48. The van der Waals surface area contributed by atoms with E-state index in [1.807, 2.05) is 0 Å². The first-order valence-corrected chi connectivity index (χ1v) is 7.15. The summed E-state index contributed by atoms with van der Waals surface area (Å²) in [5.41, 5.74) is 7.03. The summed E-state index contributed by atoms with van der Waals surface area (Å²) < 4.78 is 7.13. The van der Waals surface area contributed by atoms with Crippen LogP contribution in [0.5, 0.6) is 0 Å². The molecule has 0 aliphatic heterocycles. The van der Waals surface area contributed by atoms with Gasteiger partial charge in [0.2, 0.25) is 0 Å². The lowest BCUT2D eigenvalue weighted by Gasteiger charge is -2.30. The minimum atomic E-state index is 0.359. The highest BCUT2D eigenvalue weighted by atomic mass is 79.9. The van der Waals surface area contributed by atoms with Crippen LogP contribution in [-0.4, -0.2) is 12.6 Å². The summed E-state index contributed by atoms with van der Waals surface area (Å²) in [6.07, 6.45) is 5.33. The number of rotatable bonds is 4. The lowest BCUT2D eigenvalue weighted by atomic mass is 9.86. The van der Waals surface area contributed by atoms with Gasteiger partial charge in [-0.25, -0.2) is 0 Å². The molecule has 0 radical (unpaired) electrons. The van der Waals surface area contributed by atoms with Gasteiger partial charge in [0.15, 0.2) is 0 Å². The van der Waals surface area contributed by atoms with E-state index in [9.17, 15) is 0 Å². The van der Waals surface area contributed by atoms with Crippen LogP contribution in [0.1, 0.15) is 31.2 Å². The Kier molecular flexibility index (Phi) is 5.01. The van der Waals surface area contributed by atoms with Crippen molar-refractivity contribution in [1.82, 2.24) is 0 Å². The molecule has 0 saturated heterocycles. The van der Waals surface area contributed by atoms with Gasteiger partial charge in [0.05, 0.1) is 12.7 Å². The highest BCUT2D eigenvalue weighted by Crippen LogP contribution is 2.26. The van der Waals surface area contributed by atoms with Crippen LogP contribution in [0.25, 0.3) is 0 Å². The number of nitrogens with two attached hydrogens (primary N) is 1. The molecule has 3 heteroatoms. The van der Waals surface area contributed by atoms with Crippen molar-refractivity contribution in [3.63, 3.8) is 0 Å². The number of halogens is 1. The second-order valence-corrected chi connectivity index (χ2v) is 5.67. The van der Waals surface area contributed by atoms with Crippen molar-refractivity contribution in [2.24, 2.45) is 11.7 Å². The maximum absolute atomic E-state index is 6.02. The van der Waals surface area contributed by atoms with Crippen LogP contribution in [-0.2, 0) is 11.3 Å². The third kappa shape index (κ3) is 3.80. The number of hydrogen-bond donors (Lipinski definition) is 1. The molecule has 1 aliphatic carbocycles. The molecule has 0 spiro atoms. The fourth-order valence-electron chi connectivity index (χ4n) is 2.45. The Bertz CT molecular complexity index is 339. The van der Waals surface area contributed by atoms with E-state index in [4.69, 9.17) is 10.5 Å². The summed E-state index contributed by atoms with van der Waals surface area (Å²) in [7, 11) is 0. The molecule has 1 saturated carbocycles. The van der Waals surface area contributed by atoms with E-state index in [-0.39, 0.29) is 0 Å². The molecule has 1 fully saturated rings. The zero-order valence-electron chi connectivity index (χ0n) is 10.1. The van der Waals surface area contributed by atoms with Crippen LogP contribution in [0, 0.1) is 5.92 Å². The molecule has 0 heterocycles. The van der Waals surface area contributed by atoms with Crippen LogP contribution >= 0.6 is 15.9 Å². The van der Waals surface area contributed by atoms with Gasteiger partial charge >= 0.3 is 0 Å². The molecule has 0 amide bonds. The minimum Gasteiger partial charge on any atom is -0.373 e. The summed E-state index contributed by atoms with van der Waals surface area (Å²) >= 11 is 3.44. The first-order chi connectivity index (χ1) is 8.29. The molecular weight excluding hydrogens is 278 g/mol. The Morgan fingerprint density at radius 2 is 1.88 bits per heavy atom. The summed E-state index contributed by atoms with van der Waals surface area (Å²) in [6, 6.07) is 8.31. The molecule has 1 aromatic rings. The van der Waals surface area contributed by atoms with Gasteiger partial charge in [0, 0.05) is 4.47 Å². The summed E-state index contributed by atoms with van der Waals surface area (Å²) in [4.78, 5) is 0. The van der Waals surface area contributed by atoms with E-state index >= 15 is 0 Å². The Balaban J connectivity index is 1.86. The Hall–Kier alpha value is -0.380. The first-order valence-electron chi connectivity index (χ1n) is 6.35. The van der Waals surface area contributed by atoms with E-state index in [0.29, 0.717) is 18.6 Å². The van der Waals surface area contributed by atoms with E-state index in [1.54, 1.807) is 0 Å². The molecule has 2 unspecified atom stereocenters. The SMILES string of the molecule is NCC1CCCCC1OCc1ccc(Br)cc1. The third-order valence-corrected chi connectivity index (χ3v) is 4.05. The van der Waals surface area contributed by atoms with Crippen molar-refractivity contribution in [3.05, 3.63) is 34.3 Å². The van der Waals surface area contributed by atoms with Crippen LogP contribution in [0.2, 0.25) is 0 Å². The zero-order valence-corrected chi connectivity index (χ0v) is 11.7. The topological polar surface area (TPSA) is 35.2 Å². The van der Waals surface area contributed by atoms with Gasteiger partial charge in [-0.1, -0.05) is 40.9 Å². The van der Waals surface area contributed by atoms with Crippen molar-refractivity contribution in [3.8, 4) is 0 Å². The Morgan fingerprint density at radius 3 is 2.59 bits per heavy atom. The van der Waals surface area contributed by atoms with Gasteiger partial charge in [-0.3, -0.25) is 0 Å². The van der Waals surface area contributed by atoms with Crippen molar-refractivity contribution >= 4 is 15.9 Å². The third-order valence-electron chi connectivity index (χ3n) is 3.52. The van der Waals surface area contributed by atoms with Crippen LogP contribution < -0.4 is 5.73 Å². The molecule has 17 heavy (non-hydrogen) atoms. The van der Waals surface area contributed by atoms with Crippen LogP contribution in [0.15, 0.2) is 28.7 Å². The molecule has 2 atom stereocenters. The number of hydrogen-bond acceptors (Lipinski definition) is 2. The average Bonchev–Trinajstić information content (AvgIpc) is 2.38. The summed E-state index contributed by atoms with van der Waals surface area (Å²) in [6.45, 7) is 1.46. The molecule has 2 N–H and O–H groups in total. The van der Waals surface area contributed by atoms with Crippen molar-refractivity contribution in [2.75, 3.05) is 6.54 Å². The maximum Gasteiger partial charge on any atom is 0.0720 e. The quantitative estimate of drug-likeness (QED) is 0.923. The fourth-order valence-corrected chi connectivity index (χ4v) is 2.71. The van der Waals surface area contributed by atoms with Gasteiger partial charge in [-0.05, 0) is 43.0 Å². The molecule has 0 aromatic heterocycles. The van der Waals surface area contributed by atoms with Crippen molar-refractivity contribution < 1.29 is 4.74 Å². The zero-order chi connectivity index (χ0) is 12.1. The molecule has 1 aliphatic rings. The average molecular weight is 298 g/mol. The lowest BCUT2D eigenvalue weighted by Crippen LogP contribution is -2.33. The van der Waals surface area contributed by atoms with Gasteiger partial charge in [0.25, 0.3) is 0 Å². The van der Waals surface area contributed by atoms with E-state index in [2.05, 4.69) is 40.2 Å². The van der Waals surface area contributed by atoms with E-state index < -0.39 is 0 Å². The largest absolute Gasteiger partial charge is 0.373 e. The van der Waals surface area contributed by atoms with Crippen LogP contribution in [0.4, 0.5) is 0 Å². The normalized spacial score (nSPS) is 24.8. The second-order valence-electron chi connectivity index (χ2n) is 4.76. The maximum atomic E-state index is 6.02. The van der Waals surface area contributed by atoms with Gasteiger partial charge in [-0.15, -0.1) is 0 Å². The van der Waals surface area contributed by atoms with Gasteiger partial charge < -0.3 is 10.5 Å². The van der Waals surface area contributed by atoms with Crippen molar-refractivity contribution in [1.29, 1.82) is 0 Å². The number of benzene rings is 1. The smallest absolute Gasteiger partial charge is 0.0720 e. The molecule has 2 nitrogen and oxygen atoms in total. The second kappa shape index (κ2) is 6.53. The van der Waals surface area contributed by atoms with E-state index in [1.165, 1.54) is 31.2 Å². The highest BCUT2D eigenvalue weighted by molar-refractivity contribution is 9.10. The molecule has 1 aromatic carbocycles. The van der Waals surface area contributed by atoms with Crippen LogP contribution in [0.3, 0.4) is 0 Å². The minimum absolute atomic E-state index is 0.359. The predicted molar refractivity (Wildman–Crippen MR) is 73.7 cm³/mol. The standard InChI is InChI=1S/C14H20BrNO/c15-13-7-5-11(6-8-13)10-17-14-4-2-1-3-12(14)9-16/h5-8,12,14H,1-4,9-10,16H2. The fraction of sp³-hybridized carbons (Fsp3) is 0.571. The Labute approximate surface area is 112 Å². The summed E-state index contributed by atoms with van der Waals surface area (Å²) in [5.74, 6) is 0.555. The first kappa shape index (κ1) is 13.1. The number of ether oxygens (including phenoxy) is 1.